The number of benzene rings is 2. The average Bonchev–Trinajstić information content (AvgIpc) is 3.07. The zero-order chi connectivity index (χ0) is 17.5. The number of hydrogen-bond acceptors (Lipinski definition) is 5. The highest BCUT2D eigenvalue weighted by Crippen LogP contribution is 2.45. The van der Waals surface area contributed by atoms with E-state index in [-0.39, 0.29) is 18.0 Å². The second-order valence-corrected chi connectivity index (χ2v) is 7.28. The number of hydrazone groups is 1. The molecule has 0 spiro atoms. The summed E-state index contributed by atoms with van der Waals surface area (Å²) in [5.74, 6) is 0.666. The number of para-hydroxylation sites is 1. The number of hydrogen-bond donors (Lipinski definition) is 0. The normalized spacial score (nSPS) is 29.9. The SMILES string of the molecule is O=C1C[C@@H]2C3C[C@@H]1[C@H](N=Nc1ccccc1)CC3=NN2c1ccccc1. The van der Waals surface area contributed by atoms with Crippen LogP contribution in [0.15, 0.2) is 76.0 Å². The van der Waals surface area contributed by atoms with Gasteiger partial charge in [-0.05, 0) is 30.7 Å². The van der Waals surface area contributed by atoms with Crippen LogP contribution in [0.2, 0.25) is 0 Å². The molecule has 2 fully saturated rings. The molecule has 2 aromatic carbocycles. The number of rotatable bonds is 3. The maximum absolute atomic E-state index is 12.8. The first kappa shape index (κ1) is 15.4. The van der Waals surface area contributed by atoms with Crippen LogP contribution in [0, 0.1) is 11.8 Å². The van der Waals surface area contributed by atoms with Gasteiger partial charge in [0.25, 0.3) is 0 Å². The van der Waals surface area contributed by atoms with E-state index < -0.39 is 0 Å². The molecule has 5 heteroatoms. The predicted molar refractivity (Wildman–Crippen MR) is 101 cm³/mol. The number of carbonyl (C=O) groups is 1. The van der Waals surface area contributed by atoms with E-state index in [1.54, 1.807) is 0 Å². The fraction of sp³-hybridized carbons (Fsp3) is 0.333. The molecule has 1 heterocycles. The Hall–Kier alpha value is -2.82. The van der Waals surface area contributed by atoms with Crippen LogP contribution < -0.4 is 5.01 Å². The van der Waals surface area contributed by atoms with Crippen LogP contribution in [-0.2, 0) is 4.79 Å². The summed E-state index contributed by atoms with van der Waals surface area (Å²) in [6, 6.07) is 19.9. The Balaban J connectivity index is 1.44. The van der Waals surface area contributed by atoms with Gasteiger partial charge in [0.05, 0.1) is 23.5 Å². The Kier molecular flexibility index (Phi) is 3.66. The van der Waals surface area contributed by atoms with Crippen molar-refractivity contribution in [3.8, 4) is 0 Å². The Morgan fingerprint density at radius 2 is 1.65 bits per heavy atom. The molecule has 1 aliphatic heterocycles. The number of nitrogens with zero attached hydrogens (tertiary/aromatic N) is 4. The Bertz CT molecular complexity index is 877. The van der Waals surface area contributed by atoms with E-state index in [4.69, 9.17) is 5.10 Å². The number of carbonyl (C=O) groups excluding carboxylic acids is 1. The third-order valence-electron chi connectivity index (χ3n) is 5.76. The number of fused-ring (bicyclic) bond motifs is 1. The molecule has 0 N–H and O–H groups in total. The Morgan fingerprint density at radius 3 is 2.42 bits per heavy atom. The molecule has 26 heavy (non-hydrogen) atoms. The van der Waals surface area contributed by atoms with Gasteiger partial charge in [0.1, 0.15) is 5.78 Å². The topological polar surface area (TPSA) is 57.4 Å². The zero-order valence-corrected chi connectivity index (χ0v) is 14.4. The lowest BCUT2D eigenvalue weighted by Crippen LogP contribution is -2.49. The van der Waals surface area contributed by atoms with E-state index in [0.29, 0.717) is 18.1 Å². The van der Waals surface area contributed by atoms with Gasteiger partial charge >= 0.3 is 0 Å². The van der Waals surface area contributed by atoms with Crippen LogP contribution in [0.3, 0.4) is 0 Å². The maximum atomic E-state index is 12.8. The third-order valence-corrected chi connectivity index (χ3v) is 5.76. The molecule has 0 aromatic heterocycles. The van der Waals surface area contributed by atoms with Crippen LogP contribution in [0.25, 0.3) is 0 Å². The van der Waals surface area contributed by atoms with Crippen LogP contribution in [0.1, 0.15) is 19.3 Å². The molecule has 130 valence electrons. The first-order chi connectivity index (χ1) is 12.8. The van der Waals surface area contributed by atoms with Gasteiger partial charge in [0.15, 0.2) is 0 Å². The van der Waals surface area contributed by atoms with E-state index in [1.165, 1.54) is 5.71 Å². The predicted octanol–water partition coefficient (Wildman–Crippen LogP) is 4.38. The average molecular weight is 344 g/mol. The standard InChI is InChI=1S/C21H20N4O/c26-21-13-20-16-11-17(21)18(23-22-14-7-3-1-4-8-14)12-19(16)24-25(20)15-9-5-2-6-10-15/h1-10,16-18,20H,11-13H2/t16?,17-,18-,20-/m1/s1. The molecule has 0 radical (unpaired) electrons. The van der Waals surface area contributed by atoms with Crippen LogP contribution >= 0.6 is 0 Å². The smallest absolute Gasteiger partial charge is 0.140 e. The largest absolute Gasteiger partial charge is 0.299 e. The molecule has 0 saturated heterocycles. The van der Waals surface area contributed by atoms with Gasteiger partial charge in [-0.25, -0.2) is 0 Å². The molecule has 2 saturated carbocycles. The van der Waals surface area contributed by atoms with Gasteiger partial charge < -0.3 is 0 Å². The summed E-state index contributed by atoms with van der Waals surface area (Å²) in [5, 5.41) is 15.9. The van der Waals surface area contributed by atoms with Crippen molar-refractivity contribution in [1.82, 2.24) is 0 Å². The molecule has 0 amide bonds. The van der Waals surface area contributed by atoms with Gasteiger partial charge in [-0.2, -0.15) is 15.3 Å². The Morgan fingerprint density at radius 1 is 0.923 bits per heavy atom. The van der Waals surface area contributed by atoms with Gasteiger partial charge in [-0.3, -0.25) is 9.80 Å². The second kappa shape index (κ2) is 6.16. The second-order valence-electron chi connectivity index (χ2n) is 7.28. The van der Waals surface area contributed by atoms with Crippen molar-refractivity contribution in [2.45, 2.75) is 31.3 Å². The highest BCUT2D eigenvalue weighted by Gasteiger charge is 2.51. The lowest BCUT2D eigenvalue weighted by atomic mass is 9.66. The maximum Gasteiger partial charge on any atom is 0.140 e. The van der Waals surface area contributed by atoms with E-state index in [1.807, 2.05) is 48.5 Å². The van der Waals surface area contributed by atoms with Crippen molar-refractivity contribution < 1.29 is 4.79 Å². The molecule has 2 aromatic rings. The van der Waals surface area contributed by atoms with Gasteiger partial charge in [0, 0.05) is 30.4 Å². The summed E-state index contributed by atoms with van der Waals surface area (Å²) in [7, 11) is 0. The summed E-state index contributed by atoms with van der Waals surface area (Å²) in [5.41, 5.74) is 3.07. The summed E-state index contributed by atoms with van der Waals surface area (Å²) in [4.78, 5) is 12.8. The minimum atomic E-state index is -0.0885. The van der Waals surface area contributed by atoms with Crippen molar-refractivity contribution in [3.63, 3.8) is 0 Å². The van der Waals surface area contributed by atoms with Crippen molar-refractivity contribution in [3.05, 3.63) is 60.7 Å². The number of anilines is 1. The van der Waals surface area contributed by atoms with Gasteiger partial charge in [0.2, 0.25) is 0 Å². The number of ketones is 1. The van der Waals surface area contributed by atoms with Crippen LogP contribution in [-0.4, -0.2) is 23.6 Å². The van der Waals surface area contributed by atoms with Crippen LogP contribution in [0.5, 0.6) is 0 Å². The van der Waals surface area contributed by atoms with E-state index >= 15 is 0 Å². The molecule has 1 unspecified atom stereocenters. The summed E-state index contributed by atoms with van der Waals surface area (Å²) >= 11 is 0. The van der Waals surface area contributed by atoms with Crippen LogP contribution in [0.4, 0.5) is 11.4 Å². The monoisotopic (exact) mass is 344 g/mol. The van der Waals surface area contributed by atoms with Crippen molar-refractivity contribution in [1.29, 1.82) is 0 Å². The highest BCUT2D eigenvalue weighted by atomic mass is 16.1. The fourth-order valence-corrected chi connectivity index (χ4v) is 4.47. The number of Topliss-reactive ketones (excluding diaryl/α,β-unsaturated/α-hetero) is 1. The van der Waals surface area contributed by atoms with Gasteiger partial charge in [-0.1, -0.05) is 36.4 Å². The molecule has 3 aliphatic rings. The first-order valence-corrected chi connectivity index (χ1v) is 9.20. The highest BCUT2D eigenvalue weighted by molar-refractivity contribution is 5.98. The molecule has 4 atom stereocenters. The lowest BCUT2D eigenvalue weighted by Gasteiger charge is -2.39. The molecular weight excluding hydrogens is 324 g/mol. The molecule has 5 nitrogen and oxygen atoms in total. The molecule has 2 bridgehead atoms. The summed E-state index contributed by atoms with van der Waals surface area (Å²) < 4.78 is 0. The third kappa shape index (κ3) is 2.55. The fourth-order valence-electron chi connectivity index (χ4n) is 4.47. The first-order valence-electron chi connectivity index (χ1n) is 9.20. The lowest BCUT2D eigenvalue weighted by molar-refractivity contribution is -0.126. The Labute approximate surface area is 152 Å². The summed E-state index contributed by atoms with van der Waals surface area (Å²) in [6.07, 6.45) is 2.13. The van der Waals surface area contributed by atoms with E-state index in [0.717, 1.165) is 24.2 Å². The summed E-state index contributed by atoms with van der Waals surface area (Å²) in [6.45, 7) is 0. The van der Waals surface area contributed by atoms with Crippen molar-refractivity contribution in [2.75, 3.05) is 5.01 Å². The van der Waals surface area contributed by atoms with E-state index in [9.17, 15) is 4.79 Å². The quantitative estimate of drug-likeness (QED) is 0.776. The minimum Gasteiger partial charge on any atom is -0.299 e. The van der Waals surface area contributed by atoms with Crippen molar-refractivity contribution >= 4 is 22.9 Å². The minimum absolute atomic E-state index is 0.0154. The van der Waals surface area contributed by atoms with Gasteiger partial charge in [-0.15, -0.1) is 0 Å². The van der Waals surface area contributed by atoms with Crippen molar-refractivity contribution in [2.24, 2.45) is 27.2 Å². The molecular formula is C21H20N4O. The van der Waals surface area contributed by atoms with E-state index in [2.05, 4.69) is 27.4 Å². The number of azo groups is 1. The zero-order valence-electron chi connectivity index (χ0n) is 14.4. The molecule has 2 aliphatic carbocycles. The molecule has 5 rings (SSSR count).